The molecule has 0 aliphatic heterocycles. The van der Waals surface area contributed by atoms with Crippen LogP contribution in [0.1, 0.15) is 22.2 Å². The number of carbonyl (C=O) groups is 1. The largest absolute Gasteiger partial charge is 0.465 e. The van der Waals surface area contributed by atoms with E-state index in [0.717, 1.165) is 10.4 Å². The summed E-state index contributed by atoms with van der Waals surface area (Å²) in [5.74, 6) is 0.518. The molecule has 0 saturated carbocycles. The van der Waals surface area contributed by atoms with Gasteiger partial charge in [0.25, 0.3) is 0 Å². The van der Waals surface area contributed by atoms with E-state index < -0.39 is 0 Å². The Bertz CT molecular complexity index is 663. The summed E-state index contributed by atoms with van der Waals surface area (Å²) >= 11 is 3.26. The fourth-order valence-corrected chi connectivity index (χ4v) is 3.44. The predicted octanol–water partition coefficient (Wildman–Crippen LogP) is 4.32. The van der Waals surface area contributed by atoms with Crippen LogP contribution < -0.4 is 5.32 Å². The van der Waals surface area contributed by atoms with Gasteiger partial charge in [0.05, 0.1) is 12.3 Å². The van der Waals surface area contributed by atoms with Gasteiger partial charge in [-0.1, -0.05) is 6.07 Å². The number of furan rings is 1. The molecule has 3 heterocycles. The third-order valence-electron chi connectivity index (χ3n) is 2.93. The van der Waals surface area contributed by atoms with Crippen LogP contribution in [-0.2, 0) is 4.79 Å². The number of thiophene rings is 2. The zero-order valence-corrected chi connectivity index (χ0v) is 12.7. The molecule has 0 bridgehead atoms. The topological polar surface area (TPSA) is 42.2 Å². The molecule has 3 aromatic heterocycles. The summed E-state index contributed by atoms with van der Waals surface area (Å²) in [4.78, 5) is 13.2. The number of hydrogen-bond acceptors (Lipinski definition) is 4. The van der Waals surface area contributed by atoms with Gasteiger partial charge in [0, 0.05) is 11.0 Å². The zero-order chi connectivity index (χ0) is 14.5. The van der Waals surface area contributed by atoms with Crippen molar-refractivity contribution in [2.45, 2.75) is 6.04 Å². The first kappa shape index (κ1) is 13.9. The Hall–Kier alpha value is -2.11. The molecule has 1 atom stereocenters. The fraction of sp³-hybridized carbons (Fsp3) is 0.0625. The smallest absolute Gasteiger partial charge is 0.244 e. The molecule has 0 fully saturated rings. The minimum Gasteiger partial charge on any atom is -0.465 e. The number of amides is 1. The summed E-state index contributed by atoms with van der Waals surface area (Å²) < 4.78 is 5.17. The average molecular weight is 315 g/mol. The van der Waals surface area contributed by atoms with E-state index >= 15 is 0 Å². The summed E-state index contributed by atoms with van der Waals surface area (Å²) in [7, 11) is 0. The van der Waals surface area contributed by atoms with Gasteiger partial charge in [-0.05, 0) is 52.0 Å². The molecule has 0 aliphatic carbocycles. The molecule has 5 heteroatoms. The number of rotatable bonds is 5. The van der Waals surface area contributed by atoms with Crippen LogP contribution in [0.4, 0.5) is 0 Å². The van der Waals surface area contributed by atoms with Crippen molar-refractivity contribution < 1.29 is 9.21 Å². The lowest BCUT2D eigenvalue weighted by Crippen LogP contribution is -2.26. The molecule has 3 aromatic rings. The van der Waals surface area contributed by atoms with Crippen LogP contribution in [0.2, 0.25) is 0 Å². The Morgan fingerprint density at radius 3 is 2.86 bits per heavy atom. The highest BCUT2D eigenvalue weighted by atomic mass is 32.1. The van der Waals surface area contributed by atoms with Crippen LogP contribution in [0.25, 0.3) is 6.08 Å². The summed E-state index contributed by atoms with van der Waals surface area (Å²) in [6, 6.07) is 9.54. The Morgan fingerprint density at radius 1 is 1.24 bits per heavy atom. The van der Waals surface area contributed by atoms with E-state index in [1.807, 2.05) is 29.0 Å². The van der Waals surface area contributed by atoms with Crippen LogP contribution in [0.15, 0.2) is 63.2 Å². The average Bonchev–Trinajstić information content (AvgIpc) is 3.26. The van der Waals surface area contributed by atoms with Gasteiger partial charge in [-0.2, -0.15) is 11.3 Å². The predicted molar refractivity (Wildman–Crippen MR) is 86.4 cm³/mol. The Labute approximate surface area is 130 Å². The third kappa shape index (κ3) is 3.51. The minimum atomic E-state index is -0.143. The Kier molecular flexibility index (Phi) is 4.33. The molecule has 3 nitrogen and oxygen atoms in total. The van der Waals surface area contributed by atoms with Gasteiger partial charge in [-0.25, -0.2) is 0 Å². The van der Waals surface area contributed by atoms with Crippen molar-refractivity contribution in [3.05, 3.63) is 75.0 Å². The second kappa shape index (κ2) is 6.56. The maximum Gasteiger partial charge on any atom is 0.244 e. The lowest BCUT2D eigenvalue weighted by atomic mass is 10.1. The van der Waals surface area contributed by atoms with Crippen molar-refractivity contribution in [1.82, 2.24) is 5.32 Å². The molecule has 21 heavy (non-hydrogen) atoms. The van der Waals surface area contributed by atoms with E-state index in [9.17, 15) is 4.79 Å². The maximum absolute atomic E-state index is 12.1. The Morgan fingerprint density at radius 2 is 2.19 bits per heavy atom. The standard InChI is InChI=1S/C16H13NO2S2/c18-15(6-5-13-3-1-8-19-13)17-16(12-7-10-20-11-12)14-4-2-9-21-14/h1-11,16H,(H,17,18)/b6-5+/t16-/m1/s1. The van der Waals surface area contributed by atoms with Gasteiger partial charge in [0.15, 0.2) is 0 Å². The van der Waals surface area contributed by atoms with E-state index in [2.05, 4.69) is 10.7 Å². The lowest BCUT2D eigenvalue weighted by molar-refractivity contribution is -0.116. The van der Waals surface area contributed by atoms with Crippen molar-refractivity contribution in [2.75, 3.05) is 0 Å². The molecule has 1 amide bonds. The zero-order valence-electron chi connectivity index (χ0n) is 11.1. The normalized spacial score (nSPS) is 12.6. The van der Waals surface area contributed by atoms with E-state index in [1.165, 1.54) is 6.08 Å². The van der Waals surface area contributed by atoms with Gasteiger partial charge in [-0.3, -0.25) is 4.79 Å². The van der Waals surface area contributed by atoms with Crippen molar-refractivity contribution in [2.24, 2.45) is 0 Å². The van der Waals surface area contributed by atoms with Gasteiger partial charge >= 0.3 is 0 Å². The van der Waals surface area contributed by atoms with E-state index in [0.29, 0.717) is 5.76 Å². The number of hydrogen-bond donors (Lipinski definition) is 1. The highest BCUT2D eigenvalue weighted by Gasteiger charge is 2.17. The lowest BCUT2D eigenvalue weighted by Gasteiger charge is -2.15. The van der Waals surface area contributed by atoms with Crippen LogP contribution in [0.5, 0.6) is 0 Å². The van der Waals surface area contributed by atoms with Crippen LogP contribution in [-0.4, -0.2) is 5.91 Å². The molecular formula is C16H13NO2S2. The quantitative estimate of drug-likeness (QED) is 0.712. The molecule has 0 saturated heterocycles. The molecule has 0 unspecified atom stereocenters. The highest BCUT2D eigenvalue weighted by molar-refractivity contribution is 7.10. The SMILES string of the molecule is O=C(/C=C/c1ccco1)N[C@H](c1ccsc1)c1cccs1. The first-order valence-corrected chi connectivity index (χ1v) is 8.23. The van der Waals surface area contributed by atoms with Crippen LogP contribution >= 0.6 is 22.7 Å². The molecule has 0 aliphatic rings. The van der Waals surface area contributed by atoms with Crippen LogP contribution in [0.3, 0.4) is 0 Å². The van der Waals surface area contributed by atoms with E-state index in [1.54, 1.807) is 47.1 Å². The molecule has 0 radical (unpaired) electrons. The first-order chi connectivity index (χ1) is 10.3. The molecule has 106 valence electrons. The van der Waals surface area contributed by atoms with Gasteiger partial charge in [-0.15, -0.1) is 11.3 Å². The summed E-state index contributed by atoms with van der Waals surface area (Å²) in [5, 5.41) is 9.12. The first-order valence-electron chi connectivity index (χ1n) is 6.40. The van der Waals surface area contributed by atoms with Gasteiger partial charge in [0.2, 0.25) is 5.91 Å². The fourth-order valence-electron chi connectivity index (χ4n) is 1.95. The summed E-state index contributed by atoms with van der Waals surface area (Å²) in [6.45, 7) is 0. The van der Waals surface area contributed by atoms with Gasteiger partial charge < -0.3 is 9.73 Å². The highest BCUT2D eigenvalue weighted by Crippen LogP contribution is 2.27. The minimum absolute atomic E-state index is 0.106. The molecule has 3 rings (SSSR count). The molecular weight excluding hydrogens is 302 g/mol. The van der Waals surface area contributed by atoms with Crippen LogP contribution in [0, 0.1) is 0 Å². The maximum atomic E-state index is 12.1. The molecule has 1 N–H and O–H groups in total. The second-order valence-corrected chi connectivity index (χ2v) is 6.12. The molecule has 0 spiro atoms. The van der Waals surface area contributed by atoms with E-state index in [4.69, 9.17) is 4.42 Å². The van der Waals surface area contributed by atoms with E-state index in [-0.39, 0.29) is 11.9 Å². The second-order valence-electron chi connectivity index (χ2n) is 4.36. The summed E-state index contributed by atoms with van der Waals surface area (Å²) in [6.07, 6.45) is 4.73. The Balaban J connectivity index is 1.74. The van der Waals surface area contributed by atoms with Gasteiger partial charge in [0.1, 0.15) is 5.76 Å². The van der Waals surface area contributed by atoms with Crippen molar-refractivity contribution in [3.8, 4) is 0 Å². The van der Waals surface area contributed by atoms with Crippen molar-refractivity contribution in [1.29, 1.82) is 0 Å². The third-order valence-corrected chi connectivity index (χ3v) is 4.57. The summed E-state index contributed by atoms with van der Waals surface area (Å²) in [5.41, 5.74) is 1.10. The van der Waals surface area contributed by atoms with Crippen molar-refractivity contribution in [3.63, 3.8) is 0 Å². The molecule has 0 aromatic carbocycles. The number of nitrogens with one attached hydrogen (secondary N) is 1. The number of carbonyl (C=O) groups excluding carboxylic acids is 1. The van der Waals surface area contributed by atoms with Crippen molar-refractivity contribution >= 4 is 34.7 Å². The monoisotopic (exact) mass is 315 g/mol.